The maximum absolute atomic E-state index is 4.44. The predicted octanol–water partition coefficient (Wildman–Crippen LogP) is 5.88. The van der Waals surface area contributed by atoms with E-state index in [1.165, 1.54) is 16.2 Å². The number of hydrogen-bond donors (Lipinski definition) is 0. The van der Waals surface area contributed by atoms with Gasteiger partial charge in [-0.25, -0.2) is 0 Å². The zero-order valence-electron chi connectivity index (χ0n) is 12.1. The summed E-state index contributed by atoms with van der Waals surface area (Å²) in [7, 11) is 0. The van der Waals surface area contributed by atoms with Crippen LogP contribution in [0.3, 0.4) is 0 Å². The van der Waals surface area contributed by atoms with Crippen LogP contribution >= 0.6 is 0 Å². The Balaban J connectivity index is 2.23. The SMILES string of the molecule is CC(C)(C)N=Nc1cccc2cc3ccccc3cc12. The van der Waals surface area contributed by atoms with Crippen LogP contribution < -0.4 is 0 Å². The van der Waals surface area contributed by atoms with Gasteiger partial charge in [-0.1, -0.05) is 36.4 Å². The van der Waals surface area contributed by atoms with Gasteiger partial charge in [-0.3, -0.25) is 0 Å². The molecule has 3 aromatic rings. The second-order valence-corrected chi connectivity index (χ2v) is 6.07. The Morgan fingerprint density at radius 1 is 0.750 bits per heavy atom. The molecule has 0 aliphatic carbocycles. The van der Waals surface area contributed by atoms with Crippen LogP contribution in [0.2, 0.25) is 0 Å². The first-order valence-electron chi connectivity index (χ1n) is 6.87. The van der Waals surface area contributed by atoms with Gasteiger partial charge in [0, 0.05) is 5.39 Å². The van der Waals surface area contributed by atoms with Gasteiger partial charge in [-0.2, -0.15) is 10.2 Å². The van der Waals surface area contributed by atoms with E-state index in [0.29, 0.717) is 0 Å². The van der Waals surface area contributed by atoms with Crippen molar-refractivity contribution in [1.82, 2.24) is 0 Å². The molecule has 0 aliphatic rings. The van der Waals surface area contributed by atoms with E-state index < -0.39 is 0 Å². The average Bonchev–Trinajstić information content (AvgIpc) is 2.42. The van der Waals surface area contributed by atoms with Gasteiger partial charge in [0.15, 0.2) is 0 Å². The molecular weight excluding hydrogens is 244 g/mol. The summed E-state index contributed by atoms with van der Waals surface area (Å²) in [5.41, 5.74) is 0.780. The molecule has 0 spiro atoms. The van der Waals surface area contributed by atoms with Crippen molar-refractivity contribution in [2.75, 3.05) is 0 Å². The molecule has 20 heavy (non-hydrogen) atoms. The summed E-state index contributed by atoms with van der Waals surface area (Å²) in [5, 5.41) is 13.7. The Kier molecular flexibility index (Phi) is 3.01. The maximum atomic E-state index is 4.44. The summed E-state index contributed by atoms with van der Waals surface area (Å²) in [6.45, 7) is 6.16. The van der Waals surface area contributed by atoms with E-state index in [1.807, 2.05) is 12.1 Å². The summed E-state index contributed by atoms with van der Waals surface area (Å²) < 4.78 is 0. The molecule has 0 aromatic heterocycles. The maximum Gasteiger partial charge on any atom is 0.0931 e. The normalized spacial score (nSPS) is 12.6. The number of benzene rings is 3. The van der Waals surface area contributed by atoms with E-state index in [1.54, 1.807) is 0 Å². The molecule has 0 N–H and O–H groups in total. The Morgan fingerprint density at radius 2 is 1.40 bits per heavy atom. The van der Waals surface area contributed by atoms with Gasteiger partial charge in [0.1, 0.15) is 0 Å². The molecular formula is C18H18N2. The van der Waals surface area contributed by atoms with Gasteiger partial charge in [-0.05, 0) is 55.1 Å². The molecule has 0 aliphatic heterocycles. The first-order chi connectivity index (χ1) is 9.53. The van der Waals surface area contributed by atoms with E-state index >= 15 is 0 Å². The quantitative estimate of drug-likeness (QED) is 0.386. The van der Waals surface area contributed by atoms with E-state index in [2.05, 4.69) is 73.5 Å². The fourth-order valence-electron chi connectivity index (χ4n) is 2.24. The fraction of sp³-hybridized carbons (Fsp3) is 0.222. The number of rotatable bonds is 1. The van der Waals surface area contributed by atoms with Crippen molar-refractivity contribution in [3.8, 4) is 0 Å². The third kappa shape index (κ3) is 2.55. The molecule has 2 nitrogen and oxygen atoms in total. The fourth-order valence-corrected chi connectivity index (χ4v) is 2.24. The number of fused-ring (bicyclic) bond motifs is 2. The third-order valence-corrected chi connectivity index (χ3v) is 3.18. The molecule has 0 atom stereocenters. The molecule has 3 rings (SSSR count). The predicted molar refractivity (Wildman–Crippen MR) is 85.7 cm³/mol. The first-order valence-corrected chi connectivity index (χ1v) is 6.87. The summed E-state index contributed by atoms with van der Waals surface area (Å²) in [4.78, 5) is 0. The van der Waals surface area contributed by atoms with Crippen LogP contribution in [-0.4, -0.2) is 5.54 Å². The first kappa shape index (κ1) is 12.8. The molecule has 0 heterocycles. The molecule has 0 fully saturated rings. The van der Waals surface area contributed by atoms with Crippen LogP contribution in [0, 0.1) is 0 Å². The van der Waals surface area contributed by atoms with Gasteiger partial charge in [0.2, 0.25) is 0 Å². The molecule has 3 aromatic carbocycles. The average molecular weight is 262 g/mol. The van der Waals surface area contributed by atoms with Gasteiger partial charge < -0.3 is 0 Å². The van der Waals surface area contributed by atoms with Crippen molar-refractivity contribution in [1.29, 1.82) is 0 Å². The highest BCUT2D eigenvalue weighted by molar-refractivity contribution is 6.02. The molecule has 0 bridgehead atoms. The van der Waals surface area contributed by atoms with Crippen molar-refractivity contribution in [3.63, 3.8) is 0 Å². The summed E-state index contributed by atoms with van der Waals surface area (Å²) in [6.07, 6.45) is 0. The zero-order chi connectivity index (χ0) is 14.2. The number of hydrogen-bond acceptors (Lipinski definition) is 2. The van der Waals surface area contributed by atoms with Crippen molar-refractivity contribution >= 4 is 27.2 Å². The minimum atomic E-state index is -0.154. The molecule has 0 amide bonds. The van der Waals surface area contributed by atoms with E-state index in [9.17, 15) is 0 Å². The van der Waals surface area contributed by atoms with Gasteiger partial charge in [0.25, 0.3) is 0 Å². The minimum absolute atomic E-state index is 0.154. The van der Waals surface area contributed by atoms with Gasteiger partial charge >= 0.3 is 0 Å². The van der Waals surface area contributed by atoms with Gasteiger partial charge in [0.05, 0.1) is 11.2 Å². The molecule has 100 valence electrons. The highest BCUT2D eigenvalue weighted by atomic mass is 15.1. The van der Waals surface area contributed by atoms with Crippen LogP contribution in [0.15, 0.2) is 64.8 Å². The van der Waals surface area contributed by atoms with Crippen LogP contribution in [0.1, 0.15) is 20.8 Å². The lowest BCUT2D eigenvalue weighted by atomic mass is 10.0. The Labute approximate surface area is 119 Å². The number of nitrogens with zero attached hydrogens (tertiary/aromatic N) is 2. The Morgan fingerprint density at radius 3 is 2.10 bits per heavy atom. The van der Waals surface area contributed by atoms with Crippen molar-refractivity contribution in [2.45, 2.75) is 26.3 Å². The van der Waals surface area contributed by atoms with Crippen LogP contribution in [0.5, 0.6) is 0 Å². The highest BCUT2D eigenvalue weighted by Gasteiger charge is 2.08. The van der Waals surface area contributed by atoms with Gasteiger partial charge in [-0.15, -0.1) is 0 Å². The minimum Gasteiger partial charge on any atom is -0.183 e. The Hall–Kier alpha value is -2.22. The standard InChI is InChI=1S/C18H18N2/c1-18(2,3)20-19-17-10-6-9-15-11-13-7-4-5-8-14(13)12-16(15)17/h4-12H,1-3H3. The van der Waals surface area contributed by atoms with E-state index in [0.717, 1.165) is 11.1 Å². The molecule has 0 radical (unpaired) electrons. The summed E-state index contributed by atoms with van der Waals surface area (Å²) in [5.74, 6) is 0. The van der Waals surface area contributed by atoms with Crippen LogP contribution in [0.25, 0.3) is 21.5 Å². The topological polar surface area (TPSA) is 24.7 Å². The molecule has 2 heteroatoms. The van der Waals surface area contributed by atoms with E-state index in [4.69, 9.17) is 0 Å². The summed E-state index contributed by atoms with van der Waals surface area (Å²) in [6, 6.07) is 19.0. The zero-order valence-corrected chi connectivity index (χ0v) is 12.1. The Bertz CT molecular complexity index is 795. The summed E-state index contributed by atoms with van der Waals surface area (Å²) >= 11 is 0. The molecule has 0 unspecified atom stereocenters. The lowest BCUT2D eigenvalue weighted by Gasteiger charge is -2.10. The van der Waals surface area contributed by atoms with Crippen LogP contribution in [0.4, 0.5) is 5.69 Å². The molecule has 0 saturated carbocycles. The largest absolute Gasteiger partial charge is 0.183 e. The van der Waals surface area contributed by atoms with Crippen molar-refractivity contribution < 1.29 is 0 Å². The van der Waals surface area contributed by atoms with Crippen LogP contribution in [-0.2, 0) is 0 Å². The smallest absolute Gasteiger partial charge is 0.0931 e. The highest BCUT2D eigenvalue weighted by Crippen LogP contribution is 2.31. The lowest BCUT2D eigenvalue weighted by Crippen LogP contribution is -2.07. The number of azo groups is 1. The monoisotopic (exact) mass is 262 g/mol. The molecule has 0 saturated heterocycles. The van der Waals surface area contributed by atoms with Crippen molar-refractivity contribution in [2.24, 2.45) is 10.2 Å². The third-order valence-electron chi connectivity index (χ3n) is 3.18. The van der Waals surface area contributed by atoms with Crippen molar-refractivity contribution in [3.05, 3.63) is 54.6 Å². The second-order valence-electron chi connectivity index (χ2n) is 6.07. The van der Waals surface area contributed by atoms with E-state index in [-0.39, 0.29) is 5.54 Å². The lowest BCUT2D eigenvalue weighted by molar-refractivity contribution is 0.552. The second kappa shape index (κ2) is 4.71.